The van der Waals surface area contributed by atoms with Crippen molar-refractivity contribution in [2.75, 3.05) is 26.1 Å². The minimum absolute atomic E-state index is 0.0702. The summed E-state index contributed by atoms with van der Waals surface area (Å²) in [4.78, 5) is 11.9. The Labute approximate surface area is 151 Å². The maximum absolute atomic E-state index is 12.9. The number of methoxy groups -OCH3 is 2. The smallest absolute Gasteiger partial charge is 0.240 e. The van der Waals surface area contributed by atoms with Gasteiger partial charge in [0.2, 0.25) is 15.9 Å². The van der Waals surface area contributed by atoms with E-state index in [4.69, 9.17) is 9.47 Å². The summed E-state index contributed by atoms with van der Waals surface area (Å²) in [5.74, 6) is 0.0807. The van der Waals surface area contributed by atoms with Crippen LogP contribution in [0.5, 0.6) is 11.5 Å². The Balaban J connectivity index is 1.90. The molecule has 0 radical (unpaired) electrons. The number of sulfonamides is 1. The first kappa shape index (κ1) is 19.7. The molecule has 0 aliphatic carbocycles. The number of ether oxygens (including phenoxy) is 2. The second-order valence-corrected chi connectivity index (χ2v) is 6.99. The van der Waals surface area contributed by atoms with Crippen LogP contribution >= 0.6 is 0 Å². The van der Waals surface area contributed by atoms with Gasteiger partial charge >= 0.3 is 0 Å². The molecule has 0 saturated heterocycles. The molecule has 0 saturated carbocycles. The van der Waals surface area contributed by atoms with Crippen molar-refractivity contribution in [1.29, 1.82) is 0 Å². The van der Waals surface area contributed by atoms with Crippen LogP contribution in [0.3, 0.4) is 0 Å². The zero-order valence-electron chi connectivity index (χ0n) is 14.3. The largest absolute Gasteiger partial charge is 0.493 e. The van der Waals surface area contributed by atoms with Gasteiger partial charge in [0, 0.05) is 24.7 Å². The minimum atomic E-state index is -3.80. The first-order valence-corrected chi connectivity index (χ1v) is 9.11. The van der Waals surface area contributed by atoms with Crippen LogP contribution in [0.15, 0.2) is 47.4 Å². The van der Waals surface area contributed by atoms with Crippen LogP contribution in [0.1, 0.15) is 6.42 Å². The van der Waals surface area contributed by atoms with E-state index in [0.29, 0.717) is 17.2 Å². The molecule has 2 aromatic carbocycles. The molecule has 0 aliphatic rings. The van der Waals surface area contributed by atoms with Gasteiger partial charge in [0.05, 0.1) is 19.1 Å². The number of anilines is 1. The Morgan fingerprint density at radius 3 is 2.31 bits per heavy atom. The standard InChI is InChI=1S/C17H19FN2O5S/c1-24-15-8-5-13(11-16(15)25-2)20-17(21)9-10-19-26(22,23)14-6-3-12(18)4-7-14/h3-8,11,19H,9-10H2,1-2H3,(H,20,21). The molecule has 0 heterocycles. The van der Waals surface area contributed by atoms with Crippen molar-refractivity contribution in [3.05, 3.63) is 48.3 Å². The average Bonchev–Trinajstić information content (AvgIpc) is 2.61. The fourth-order valence-corrected chi connectivity index (χ4v) is 3.17. The van der Waals surface area contributed by atoms with E-state index in [1.54, 1.807) is 18.2 Å². The normalized spacial score (nSPS) is 11.0. The van der Waals surface area contributed by atoms with Crippen LogP contribution in [0.25, 0.3) is 0 Å². The van der Waals surface area contributed by atoms with Crippen LogP contribution in [0.2, 0.25) is 0 Å². The molecule has 140 valence electrons. The van der Waals surface area contributed by atoms with Crippen LogP contribution in [0, 0.1) is 5.82 Å². The summed E-state index contributed by atoms with van der Waals surface area (Å²) in [6, 6.07) is 9.30. The number of halogens is 1. The predicted molar refractivity (Wildman–Crippen MR) is 94.4 cm³/mol. The molecular formula is C17H19FN2O5S. The van der Waals surface area contributed by atoms with Crippen molar-refractivity contribution in [3.8, 4) is 11.5 Å². The predicted octanol–water partition coefficient (Wildman–Crippen LogP) is 2.15. The van der Waals surface area contributed by atoms with E-state index in [2.05, 4.69) is 10.0 Å². The van der Waals surface area contributed by atoms with Gasteiger partial charge < -0.3 is 14.8 Å². The molecule has 0 bridgehead atoms. The summed E-state index contributed by atoms with van der Waals surface area (Å²) in [5, 5.41) is 2.64. The van der Waals surface area contributed by atoms with Crippen molar-refractivity contribution >= 4 is 21.6 Å². The monoisotopic (exact) mass is 382 g/mol. The number of amides is 1. The zero-order valence-corrected chi connectivity index (χ0v) is 15.1. The summed E-state index contributed by atoms with van der Waals surface area (Å²) >= 11 is 0. The van der Waals surface area contributed by atoms with Crippen LogP contribution < -0.4 is 19.5 Å². The molecule has 0 atom stereocenters. The molecule has 0 unspecified atom stereocenters. The van der Waals surface area contributed by atoms with Gasteiger partial charge in [-0.25, -0.2) is 17.5 Å². The van der Waals surface area contributed by atoms with Crippen molar-refractivity contribution in [2.45, 2.75) is 11.3 Å². The maximum Gasteiger partial charge on any atom is 0.240 e. The van der Waals surface area contributed by atoms with E-state index in [0.717, 1.165) is 24.3 Å². The van der Waals surface area contributed by atoms with Gasteiger partial charge in [0.15, 0.2) is 11.5 Å². The second-order valence-electron chi connectivity index (χ2n) is 5.22. The van der Waals surface area contributed by atoms with Crippen molar-refractivity contribution in [2.24, 2.45) is 0 Å². The second kappa shape index (κ2) is 8.63. The Morgan fingerprint density at radius 1 is 1.04 bits per heavy atom. The quantitative estimate of drug-likeness (QED) is 0.730. The highest BCUT2D eigenvalue weighted by atomic mass is 32.2. The molecule has 26 heavy (non-hydrogen) atoms. The summed E-state index contributed by atoms with van der Waals surface area (Å²) in [6.07, 6.45) is -0.0746. The van der Waals surface area contributed by atoms with E-state index < -0.39 is 15.8 Å². The van der Waals surface area contributed by atoms with E-state index in [1.807, 2.05) is 0 Å². The molecule has 9 heteroatoms. The highest BCUT2D eigenvalue weighted by Gasteiger charge is 2.14. The molecule has 0 fully saturated rings. The number of rotatable bonds is 8. The molecule has 0 spiro atoms. The number of carbonyl (C=O) groups is 1. The number of benzene rings is 2. The number of hydrogen-bond donors (Lipinski definition) is 2. The van der Waals surface area contributed by atoms with Crippen molar-refractivity contribution in [3.63, 3.8) is 0 Å². The van der Waals surface area contributed by atoms with Crippen LogP contribution in [0.4, 0.5) is 10.1 Å². The third-order valence-electron chi connectivity index (χ3n) is 3.44. The fourth-order valence-electron chi connectivity index (χ4n) is 2.13. The molecule has 0 aromatic heterocycles. The van der Waals surface area contributed by atoms with Crippen LogP contribution in [-0.4, -0.2) is 35.1 Å². The Kier molecular flexibility index (Phi) is 6.53. The highest BCUT2D eigenvalue weighted by Crippen LogP contribution is 2.29. The van der Waals surface area contributed by atoms with E-state index in [-0.39, 0.29) is 23.8 Å². The third kappa shape index (κ3) is 5.17. The Morgan fingerprint density at radius 2 is 1.69 bits per heavy atom. The molecule has 0 aliphatic heterocycles. The number of nitrogens with one attached hydrogen (secondary N) is 2. The lowest BCUT2D eigenvalue weighted by molar-refractivity contribution is -0.116. The molecule has 1 amide bonds. The van der Waals surface area contributed by atoms with Crippen molar-refractivity contribution in [1.82, 2.24) is 4.72 Å². The maximum atomic E-state index is 12.9. The topological polar surface area (TPSA) is 93.7 Å². The average molecular weight is 382 g/mol. The number of carbonyl (C=O) groups excluding carboxylic acids is 1. The van der Waals surface area contributed by atoms with Gasteiger partial charge in [-0.2, -0.15) is 0 Å². The Hall–Kier alpha value is -2.65. The molecule has 7 nitrogen and oxygen atoms in total. The van der Waals surface area contributed by atoms with Gasteiger partial charge in [-0.15, -0.1) is 0 Å². The van der Waals surface area contributed by atoms with E-state index in [9.17, 15) is 17.6 Å². The van der Waals surface area contributed by atoms with E-state index >= 15 is 0 Å². The zero-order chi connectivity index (χ0) is 19.2. The lowest BCUT2D eigenvalue weighted by Gasteiger charge is -2.11. The SMILES string of the molecule is COc1ccc(NC(=O)CCNS(=O)(=O)c2ccc(F)cc2)cc1OC. The van der Waals surface area contributed by atoms with Gasteiger partial charge in [-0.1, -0.05) is 0 Å². The summed E-state index contributed by atoms with van der Waals surface area (Å²) in [5.41, 5.74) is 0.494. The summed E-state index contributed by atoms with van der Waals surface area (Å²) in [7, 11) is -0.815. The number of hydrogen-bond acceptors (Lipinski definition) is 5. The summed E-state index contributed by atoms with van der Waals surface area (Å²) < 4.78 is 49.5. The Bertz CT molecular complexity index is 869. The first-order valence-electron chi connectivity index (χ1n) is 7.63. The molecule has 2 rings (SSSR count). The molecule has 2 aromatic rings. The van der Waals surface area contributed by atoms with Gasteiger partial charge in [0.1, 0.15) is 5.82 Å². The fraction of sp³-hybridized carbons (Fsp3) is 0.235. The highest BCUT2D eigenvalue weighted by molar-refractivity contribution is 7.89. The minimum Gasteiger partial charge on any atom is -0.493 e. The summed E-state index contributed by atoms with van der Waals surface area (Å²) in [6.45, 7) is -0.0984. The lowest BCUT2D eigenvalue weighted by atomic mass is 10.2. The first-order chi connectivity index (χ1) is 12.4. The van der Waals surface area contributed by atoms with Gasteiger partial charge in [0.25, 0.3) is 0 Å². The van der Waals surface area contributed by atoms with Crippen LogP contribution in [-0.2, 0) is 14.8 Å². The van der Waals surface area contributed by atoms with Gasteiger partial charge in [-0.05, 0) is 36.4 Å². The van der Waals surface area contributed by atoms with Crippen molar-refractivity contribution < 1.29 is 27.1 Å². The third-order valence-corrected chi connectivity index (χ3v) is 4.91. The molecular weight excluding hydrogens is 363 g/mol. The lowest BCUT2D eigenvalue weighted by Crippen LogP contribution is -2.27. The van der Waals surface area contributed by atoms with Gasteiger partial charge in [-0.3, -0.25) is 4.79 Å². The molecule has 2 N–H and O–H groups in total. The van der Waals surface area contributed by atoms with E-state index in [1.165, 1.54) is 14.2 Å².